The zero-order valence-electron chi connectivity index (χ0n) is 12.6. The second kappa shape index (κ2) is 7.48. The molecule has 2 N–H and O–H groups in total. The monoisotopic (exact) mass is 302 g/mol. The summed E-state index contributed by atoms with van der Waals surface area (Å²) in [6.07, 6.45) is 2.75. The minimum absolute atomic E-state index is 0.0113. The molecule has 0 aliphatic carbocycles. The summed E-state index contributed by atoms with van der Waals surface area (Å²) in [5.41, 5.74) is 7.07. The molecule has 4 heteroatoms. The Morgan fingerprint density at radius 3 is 2.67 bits per heavy atom. The maximum absolute atomic E-state index is 12.2. The summed E-state index contributed by atoms with van der Waals surface area (Å²) < 4.78 is 0. The number of thioether (sulfide) groups is 1. The van der Waals surface area contributed by atoms with Gasteiger partial charge < -0.3 is 10.6 Å². The lowest BCUT2D eigenvalue weighted by Gasteiger charge is -2.21. The van der Waals surface area contributed by atoms with Crippen molar-refractivity contribution in [3.05, 3.63) is 48.0 Å². The molecule has 1 amide bonds. The molecule has 0 spiro atoms. The highest BCUT2D eigenvalue weighted by Gasteiger charge is 2.17. The number of amides is 1. The van der Waals surface area contributed by atoms with Crippen LogP contribution in [0.4, 0.5) is 0 Å². The lowest BCUT2D eigenvalue weighted by atomic mass is 10.1. The fourth-order valence-electron chi connectivity index (χ4n) is 2.34. The average Bonchev–Trinajstić information content (AvgIpc) is 2.51. The highest BCUT2D eigenvalue weighted by Crippen LogP contribution is 2.16. The molecule has 3 nitrogen and oxygen atoms in total. The maximum atomic E-state index is 12.2. The molecule has 0 saturated carbocycles. The first kappa shape index (κ1) is 15.9. The number of carbonyl (C=O) groups is 1. The molecular weight excluding hydrogens is 280 g/mol. The van der Waals surface area contributed by atoms with Crippen LogP contribution in [0, 0.1) is 0 Å². The van der Waals surface area contributed by atoms with E-state index < -0.39 is 6.04 Å². The average molecular weight is 302 g/mol. The molecule has 2 rings (SSSR count). The standard InChI is InChI=1S/C17H22N2OS/c1-19(17(20)16(18)9-10-21-2)12-13-7-8-14-5-3-4-6-15(14)11-13/h3-8,11,16H,9-10,12,18H2,1-2H3/t16-/m0/s1. The van der Waals surface area contributed by atoms with E-state index in [1.54, 1.807) is 16.7 Å². The Hall–Kier alpha value is -1.52. The second-order valence-corrected chi connectivity index (χ2v) is 6.25. The van der Waals surface area contributed by atoms with Gasteiger partial charge in [0.15, 0.2) is 0 Å². The van der Waals surface area contributed by atoms with Crippen LogP contribution >= 0.6 is 11.8 Å². The van der Waals surface area contributed by atoms with Crippen molar-refractivity contribution < 1.29 is 4.79 Å². The first-order valence-electron chi connectivity index (χ1n) is 7.09. The van der Waals surface area contributed by atoms with Crippen LogP contribution in [0.15, 0.2) is 42.5 Å². The van der Waals surface area contributed by atoms with E-state index in [2.05, 4.69) is 30.3 Å². The third-order valence-electron chi connectivity index (χ3n) is 3.56. The summed E-state index contributed by atoms with van der Waals surface area (Å²) in [6, 6.07) is 14.1. The van der Waals surface area contributed by atoms with Gasteiger partial charge in [0.05, 0.1) is 6.04 Å². The van der Waals surface area contributed by atoms with Gasteiger partial charge >= 0.3 is 0 Å². The Morgan fingerprint density at radius 1 is 1.24 bits per heavy atom. The number of nitrogens with two attached hydrogens (primary N) is 1. The Balaban J connectivity index is 2.03. The van der Waals surface area contributed by atoms with Crippen molar-refractivity contribution in [1.29, 1.82) is 0 Å². The summed E-state index contributed by atoms with van der Waals surface area (Å²) >= 11 is 1.71. The zero-order chi connectivity index (χ0) is 15.2. The second-order valence-electron chi connectivity index (χ2n) is 5.26. The lowest BCUT2D eigenvalue weighted by Crippen LogP contribution is -2.41. The number of nitrogens with zero attached hydrogens (tertiary/aromatic N) is 1. The Kier molecular flexibility index (Phi) is 5.65. The molecule has 21 heavy (non-hydrogen) atoms. The van der Waals surface area contributed by atoms with E-state index in [1.165, 1.54) is 10.8 Å². The molecule has 0 aliphatic rings. The predicted molar refractivity (Wildman–Crippen MR) is 91.4 cm³/mol. The molecule has 0 heterocycles. The van der Waals surface area contributed by atoms with Crippen molar-refractivity contribution >= 4 is 28.4 Å². The van der Waals surface area contributed by atoms with E-state index in [-0.39, 0.29) is 5.91 Å². The third-order valence-corrected chi connectivity index (χ3v) is 4.20. The topological polar surface area (TPSA) is 46.3 Å². The van der Waals surface area contributed by atoms with E-state index in [4.69, 9.17) is 5.73 Å². The number of benzene rings is 2. The number of carbonyl (C=O) groups excluding carboxylic acids is 1. The van der Waals surface area contributed by atoms with Gasteiger partial charge in [0.2, 0.25) is 5.91 Å². The van der Waals surface area contributed by atoms with Gasteiger partial charge in [-0.2, -0.15) is 11.8 Å². The van der Waals surface area contributed by atoms with Crippen LogP contribution in [-0.2, 0) is 11.3 Å². The summed E-state index contributed by atoms with van der Waals surface area (Å²) in [7, 11) is 1.82. The van der Waals surface area contributed by atoms with Crippen LogP contribution in [-0.4, -0.2) is 35.9 Å². The maximum Gasteiger partial charge on any atom is 0.239 e. The van der Waals surface area contributed by atoms with E-state index >= 15 is 0 Å². The van der Waals surface area contributed by atoms with Gasteiger partial charge in [-0.1, -0.05) is 36.4 Å². The van der Waals surface area contributed by atoms with Crippen molar-refractivity contribution in [2.24, 2.45) is 5.73 Å². The quantitative estimate of drug-likeness (QED) is 0.892. The summed E-state index contributed by atoms with van der Waals surface area (Å²) in [4.78, 5) is 13.9. The van der Waals surface area contributed by atoms with Gasteiger partial charge in [-0.15, -0.1) is 0 Å². The number of hydrogen-bond donors (Lipinski definition) is 1. The molecule has 0 bridgehead atoms. The summed E-state index contributed by atoms with van der Waals surface area (Å²) in [6.45, 7) is 0.594. The van der Waals surface area contributed by atoms with Crippen LogP contribution < -0.4 is 5.73 Å². The van der Waals surface area contributed by atoms with E-state index in [9.17, 15) is 4.79 Å². The Morgan fingerprint density at radius 2 is 1.95 bits per heavy atom. The smallest absolute Gasteiger partial charge is 0.239 e. The van der Waals surface area contributed by atoms with Crippen molar-refractivity contribution in [2.75, 3.05) is 19.1 Å². The van der Waals surface area contributed by atoms with Crippen LogP contribution in [0.25, 0.3) is 10.8 Å². The molecule has 0 aliphatic heterocycles. The molecular formula is C17H22N2OS. The van der Waals surface area contributed by atoms with E-state index in [0.717, 1.165) is 17.7 Å². The van der Waals surface area contributed by atoms with Crippen LogP contribution in [0.5, 0.6) is 0 Å². The normalized spacial score (nSPS) is 12.3. The first-order valence-corrected chi connectivity index (χ1v) is 8.48. The minimum Gasteiger partial charge on any atom is -0.340 e. The zero-order valence-corrected chi connectivity index (χ0v) is 13.4. The molecule has 0 saturated heterocycles. The lowest BCUT2D eigenvalue weighted by molar-refractivity contribution is -0.131. The van der Waals surface area contributed by atoms with Crippen LogP contribution in [0.3, 0.4) is 0 Å². The number of fused-ring (bicyclic) bond motifs is 1. The van der Waals surface area contributed by atoms with E-state index in [1.807, 2.05) is 25.4 Å². The van der Waals surface area contributed by atoms with Gasteiger partial charge in [0, 0.05) is 13.6 Å². The highest BCUT2D eigenvalue weighted by molar-refractivity contribution is 7.98. The predicted octanol–water partition coefficient (Wildman–Crippen LogP) is 2.88. The third kappa shape index (κ3) is 4.22. The largest absolute Gasteiger partial charge is 0.340 e. The molecule has 112 valence electrons. The van der Waals surface area contributed by atoms with Gasteiger partial charge in [-0.05, 0) is 40.8 Å². The molecule has 0 radical (unpaired) electrons. The SMILES string of the molecule is CSCC[C@H](N)C(=O)N(C)Cc1ccc2ccccc2c1. The highest BCUT2D eigenvalue weighted by atomic mass is 32.2. The molecule has 1 atom stereocenters. The first-order chi connectivity index (χ1) is 10.1. The van der Waals surface area contributed by atoms with Crippen molar-refractivity contribution in [3.8, 4) is 0 Å². The van der Waals surface area contributed by atoms with Crippen molar-refractivity contribution in [1.82, 2.24) is 4.90 Å². The fraction of sp³-hybridized carbons (Fsp3) is 0.353. The molecule has 0 fully saturated rings. The van der Waals surface area contributed by atoms with Gasteiger partial charge in [0.1, 0.15) is 0 Å². The Bertz CT molecular complexity index is 615. The number of rotatable bonds is 6. The molecule has 2 aromatic carbocycles. The molecule has 2 aromatic rings. The van der Waals surface area contributed by atoms with Crippen molar-refractivity contribution in [2.45, 2.75) is 19.0 Å². The molecule has 0 aromatic heterocycles. The number of likely N-dealkylation sites (N-methyl/N-ethyl adjacent to an activating group) is 1. The summed E-state index contributed by atoms with van der Waals surface area (Å²) in [5, 5.41) is 2.41. The van der Waals surface area contributed by atoms with Crippen LogP contribution in [0.1, 0.15) is 12.0 Å². The molecule has 0 unspecified atom stereocenters. The van der Waals surface area contributed by atoms with Gasteiger partial charge in [-0.3, -0.25) is 4.79 Å². The van der Waals surface area contributed by atoms with Crippen molar-refractivity contribution in [3.63, 3.8) is 0 Å². The number of hydrogen-bond acceptors (Lipinski definition) is 3. The van der Waals surface area contributed by atoms with Gasteiger partial charge in [0.25, 0.3) is 0 Å². The van der Waals surface area contributed by atoms with E-state index in [0.29, 0.717) is 6.54 Å². The van der Waals surface area contributed by atoms with Crippen LogP contribution in [0.2, 0.25) is 0 Å². The summed E-state index contributed by atoms with van der Waals surface area (Å²) in [5.74, 6) is 0.925. The Labute approximate surface area is 130 Å². The van der Waals surface area contributed by atoms with Gasteiger partial charge in [-0.25, -0.2) is 0 Å². The fourth-order valence-corrected chi connectivity index (χ4v) is 2.83. The minimum atomic E-state index is -0.400.